The molecule has 1 saturated heterocycles. The number of unbranched alkanes of at least 4 members (excludes halogenated alkanes) is 1. The van der Waals surface area contributed by atoms with E-state index < -0.39 is 198 Å². The molecule has 36 nitrogen and oxygen atoms in total. The van der Waals surface area contributed by atoms with Crippen molar-refractivity contribution < 1.29 is 97.4 Å². The molecule has 1 aromatic rings. The predicted molar refractivity (Wildman–Crippen MR) is 381 cm³/mol. The third-order valence-electron chi connectivity index (χ3n) is 16.0. The molecule has 38 heteroatoms. The van der Waals surface area contributed by atoms with Crippen LogP contribution in [0.25, 0.3) is 0 Å². The molecule has 0 bridgehead atoms. The third kappa shape index (κ3) is 32.4. The zero-order chi connectivity index (χ0) is 78.0. The zero-order valence-electron chi connectivity index (χ0n) is 59.8. The minimum absolute atomic E-state index is 0.0156. The van der Waals surface area contributed by atoms with Crippen LogP contribution in [0.4, 0.5) is 0 Å². The number of aliphatic carboxylic acids is 2. The number of benzene rings is 1. The van der Waals surface area contributed by atoms with Gasteiger partial charge in [0.15, 0.2) is 12.0 Å². The Kier molecular flexibility index (Phi) is 40.2. The second-order valence-electron chi connectivity index (χ2n) is 26.7. The first-order valence-corrected chi connectivity index (χ1v) is 35.7. The monoisotopic (exact) mass is 1500 g/mol. The summed E-state index contributed by atoms with van der Waals surface area (Å²) in [7, 11) is 0. The number of thiol groups is 1. The Bertz CT molecular complexity index is 3050. The molecule has 1 aliphatic heterocycles. The number of aliphatic hydroxyl groups excluding tert-OH is 3. The predicted octanol–water partition coefficient (Wildman–Crippen LogP) is -5.15. The number of ether oxygens (including phenoxy) is 1. The molecular weight excluding hydrogens is 1390 g/mol. The van der Waals surface area contributed by atoms with E-state index >= 15 is 0 Å². The number of carbonyl (C=O) groups excluding carboxylic acids is 12. The molecule has 2 rings (SSSR count). The molecule has 11 amide bonds. The molecule has 0 spiro atoms. The van der Waals surface area contributed by atoms with Gasteiger partial charge < -0.3 is 111 Å². The number of esters is 1. The lowest BCUT2D eigenvalue weighted by Gasteiger charge is -2.31. The number of aliphatic hydroxyl groups is 3. The van der Waals surface area contributed by atoms with Crippen molar-refractivity contribution in [1.29, 1.82) is 0 Å². The highest BCUT2D eigenvalue weighted by Gasteiger charge is 2.42. The average Bonchev–Trinajstić information content (AvgIpc) is 1.74. The van der Waals surface area contributed by atoms with Crippen LogP contribution in [-0.2, 0) is 78.3 Å². The van der Waals surface area contributed by atoms with Crippen molar-refractivity contribution in [2.45, 2.75) is 211 Å². The normalized spacial score (nSPS) is 16.7. The first-order chi connectivity index (χ1) is 48.3. The molecule has 580 valence electrons. The van der Waals surface area contributed by atoms with E-state index in [1.807, 2.05) is 0 Å². The summed E-state index contributed by atoms with van der Waals surface area (Å²) in [6.45, 7) is 12.7. The topological polar surface area (TPSA) is 589 Å². The van der Waals surface area contributed by atoms with E-state index in [1.165, 1.54) is 0 Å². The van der Waals surface area contributed by atoms with Gasteiger partial charge in [-0.2, -0.15) is 24.4 Å². The summed E-state index contributed by atoms with van der Waals surface area (Å²) >= 11 is 5.24. The van der Waals surface area contributed by atoms with Gasteiger partial charge in [-0.15, -0.1) is 0 Å². The van der Waals surface area contributed by atoms with Gasteiger partial charge in [0.05, 0.1) is 36.7 Å². The SMILES string of the molecule is CC(C)C[C@H](NC(=O)[C@H](Cc1ccccc1)NC(=O)[C@H](CS)NC(=O)[C@H](CC(=O)O)NC(=O)[C@@H](N)C(C)C)C(=O)N[C@@H](CO)C(=O)N[C@@H](CCCN=C(N)N)C(=O)N1CCC[C@H]1C(=O)N[C@H](C(=O)N[C@@H](CSCCOC(=O)C(C)(C)C)C(=O)N[C@@H](CCCCN)C(=O)N[C@H](C(=O)O)[C@@H](C)O)[C@@H](C)O. The number of carboxylic acid groups (broad SMARTS) is 2. The summed E-state index contributed by atoms with van der Waals surface area (Å²) in [6, 6.07) is -10.3. The second-order valence-corrected chi connectivity index (χ2v) is 28.2. The fraction of sp³-hybridized carbons (Fsp3) is 0.677. The van der Waals surface area contributed by atoms with Crippen LogP contribution in [-0.4, -0.2) is 254 Å². The highest BCUT2D eigenvalue weighted by molar-refractivity contribution is 7.99. The van der Waals surface area contributed by atoms with E-state index in [0.717, 1.165) is 30.5 Å². The van der Waals surface area contributed by atoms with Gasteiger partial charge in [0.1, 0.15) is 67.0 Å². The fourth-order valence-corrected chi connectivity index (χ4v) is 11.2. The van der Waals surface area contributed by atoms with Gasteiger partial charge >= 0.3 is 17.9 Å². The molecule has 0 aromatic heterocycles. The number of carbonyl (C=O) groups is 14. The van der Waals surface area contributed by atoms with Gasteiger partial charge in [-0.1, -0.05) is 58.0 Å². The Hall–Kier alpha value is -8.43. The minimum atomic E-state index is -1.83. The van der Waals surface area contributed by atoms with Gasteiger partial charge in [-0.3, -0.25) is 67.3 Å². The summed E-state index contributed by atoms with van der Waals surface area (Å²) in [5.74, 6) is -16.0. The van der Waals surface area contributed by atoms with Crippen LogP contribution in [0.2, 0.25) is 0 Å². The average molecular weight is 1500 g/mol. The Morgan fingerprint density at radius 2 is 1.16 bits per heavy atom. The van der Waals surface area contributed by atoms with Crippen molar-refractivity contribution in [2.24, 2.45) is 45.2 Å². The summed E-state index contributed by atoms with van der Waals surface area (Å²) in [6.07, 6.45) is -3.85. The number of aliphatic imine (C=N–C) groups is 1. The van der Waals surface area contributed by atoms with Crippen LogP contribution < -0.4 is 76.1 Å². The molecule has 1 fully saturated rings. The standard InChI is InChI=1S/C65H108N16O20S2/c1-33(2)27-40(73-53(89)41(28-37-17-11-10-12-18-37)74-56(92)44(31-102)77-54(90)42(29-47(85)86)75-59(95)48(67)34(3)4)52(88)76-43(30-82)55(91)72-39(20-15-23-70-64(68)69)61(97)81-24-16-21-46(81)58(94)79-49(35(5)83)60(96)78-45(32-103-26-25-101-63(100)65(7,8)9)57(93)71-38(19-13-14-22-66)51(87)80-50(36(6)84)62(98)99/h10-12,17-18,33-36,38-46,48-50,82-84,102H,13-16,19-32,66-67H2,1-9H3,(H,71,93)(H,72,91)(H,73,89)(H,74,92)(H,75,95)(H,76,88)(H,77,90)(H,78,96)(H,79,94)(H,80,87)(H,85,86)(H,98,99)(H4,68,69,70)/t35-,36-,38+,39+,40+,41+,42+,43+,44+,45+,46+,48+,49+,50+/m1/s1. The van der Waals surface area contributed by atoms with Crippen LogP contribution in [0.15, 0.2) is 35.3 Å². The molecule has 1 aromatic carbocycles. The number of carboxylic acids is 2. The van der Waals surface area contributed by atoms with Crippen LogP contribution in [0.1, 0.15) is 126 Å². The molecule has 0 aliphatic carbocycles. The van der Waals surface area contributed by atoms with E-state index in [0.29, 0.717) is 12.0 Å². The first kappa shape index (κ1) is 90.7. The number of hydrogen-bond donors (Lipinski definition) is 20. The quantitative estimate of drug-likeness (QED) is 0.00954. The minimum Gasteiger partial charge on any atom is -0.481 e. The van der Waals surface area contributed by atoms with E-state index in [2.05, 4.69) is 70.8 Å². The maximum atomic E-state index is 14.8. The van der Waals surface area contributed by atoms with Crippen molar-refractivity contribution in [3.8, 4) is 0 Å². The van der Waals surface area contributed by atoms with Crippen molar-refractivity contribution >= 4 is 113 Å². The number of rotatable bonds is 46. The smallest absolute Gasteiger partial charge is 0.328 e. The number of nitrogens with two attached hydrogens (primary N) is 4. The maximum absolute atomic E-state index is 14.8. The third-order valence-corrected chi connectivity index (χ3v) is 17.4. The highest BCUT2D eigenvalue weighted by Crippen LogP contribution is 2.22. The molecule has 0 unspecified atom stereocenters. The maximum Gasteiger partial charge on any atom is 0.328 e. The van der Waals surface area contributed by atoms with E-state index in [-0.39, 0.29) is 101 Å². The number of amides is 11. The molecule has 103 heavy (non-hydrogen) atoms. The molecule has 23 N–H and O–H groups in total. The Morgan fingerprint density at radius 1 is 0.641 bits per heavy atom. The molecular formula is C65H108N16O20S2. The van der Waals surface area contributed by atoms with E-state index in [4.69, 9.17) is 27.7 Å². The Balaban J connectivity index is 2.50. The Labute approximate surface area is 608 Å². The molecule has 1 aliphatic rings. The summed E-state index contributed by atoms with van der Waals surface area (Å²) in [4.78, 5) is 196. The van der Waals surface area contributed by atoms with Gasteiger partial charge in [0, 0.05) is 36.8 Å². The molecule has 14 atom stereocenters. The zero-order valence-corrected chi connectivity index (χ0v) is 61.5. The van der Waals surface area contributed by atoms with Crippen LogP contribution >= 0.6 is 24.4 Å². The van der Waals surface area contributed by atoms with Crippen LogP contribution in [0.5, 0.6) is 0 Å². The molecule has 0 radical (unpaired) electrons. The van der Waals surface area contributed by atoms with Crippen molar-refractivity contribution in [1.82, 2.24) is 58.1 Å². The lowest BCUT2D eigenvalue weighted by molar-refractivity contribution is -0.152. The number of thioether (sulfide) groups is 1. The van der Waals surface area contributed by atoms with E-state index in [9.17, 15) is 92.7 Å². The molecule has 0 saturated carbocycles. The van der Waals surface area contributed by atoms with Gasteiger partial charge in [-0.25, -0.2) is 4.79 Å². The van der Waals surface area contributed by atoms with Gasteiger partial charge in [-0.05, 0) is 110 Å². The number of guanidine groups is 1. The summed E-state index contributed by atoms with van der Waals surface area (Å²) in [5, 5.41) is 75.5. The molecule has 1 heterocycles. The lowest BCUT2D eigenvalue weighted by Crippen LogP contribution is -2.62. The second kappa shape index (κ2) is 45.6. The number of nitrogens with zero attached hydrogens (tertiary/aromatic N) is 2. The Morgan fingerprint density at radius 3 is 1.71 bits per heavy atom. The van der Waals surface area contributed by atoms with Crippen LogP contribution in [0, 0.1) is 17.3 Å². The van der Waals surface area contributed by atoms with Crippen LogP contribution in [0.3, 0.4) is 0 Å². The van der Waals surface area contributed by atoms with Crippen molar-refractivity contribution in [2.75, 3.05) is 50.1 Å². The van der Waals surface area contributed by atoms with Crippen molar-refractivity contribution in [3.05, 3.63) is 35.9 Å². The summed E-state index contributed by atoms with van der Waals surface area (Å²) in [5.41, 5.74) is 22.4. The highest BCUT2D eigenvalue weighted by atomic mass is 32.2. The fourth-order valence-electron chi connectivity index (χ4n) is 10.1. The summed E-state index contributed by atoms with van der Waals surface area (Å²) < 4.78 is 5.34. The van der Waals surface area contributed by atoms with Crippen molar-refractivity contribution in [3.63, 3.8) is 0 Å². The lowest BCUT2D eigenvalue weighted by atomic mass is 9.97. The van der Waals surface area contributed by atoms with Gasteiger partial charge in [0.25, 0.3) is 0 Å². The van der Waals surface area contributed by atoms with Gasteiger partial charge in [0.2, 0.25) is 65.0 Å². The number of hydrogen-bond acceptors (Lipinski definition) is 23. The van der Waals surface area contributed by atoms with E-state index in [1.54, 1.807) is 78.8 Å². The number of nitrogens with one attached hydrogen (secondary N) is 10. The number of likely N-dealkylation sites (tertiary alicyclic amines) is 1. The largest absolute Gasteiger partial charge is 0.481 e. The first-order valence-electron chi connectivity index (χ1n) is 33.9.